The van der Waals surface area contributed by atoms with Crippen LogP contribution in [0.1, 0.15) is 44.9 Å². The molecule has 2 atom stereocenters. The maximum absolute atomic E-state index is 12.5. The molecule has 17 heavy (non-hydrogen) atoms. The van der Waals surface area contributed by atoms with E-state index >= 15 is 0 Å². The summed E-state index contributed by atoms with van der Waals surface area (Å²) in [6.07, 6.45) is 5.92. The van der Waals surface area contributed by atoms with E-state index in [1.807, 2.05) is 4.90 Å². The third-order valence-electron chi connectivity index (χ3n) is 4.75. The van der Waals surface area contributed by atoms with Gasteiger partial charge >= 0.3 is 0 Å². The van der Waals surface area contributed by atoms with E-state index in [9.17, 15) is 13.2 Å². The molecule has 1 amide bonds. The second kappa shape index (κ2) is 3.70. The van der Waals surface area contributed by atoms with E-state index in [1.165, 1.54) is 6.42 Å². The van der Waals surface area contributed by atoms with Crippen LogP contribution in [0.5, 0.6) is 0 Å². The Morgan fingerprint density at radius 2 is 1.94 bits per heavy atom. The maximum Gasteiger partial charge on any atom is 0.244 e. The summed E-state index contributed by atoms with van der Waals surface area (Å²) in [6, 6.07) is 0.317. The predicted molar refractivity (Wildman–Crippen MR) is 64.3 cm³/mol. The zero-order chi connectivity index (χ0) is 12.1. The van der Waals surface area contributed by atoms with Crippen molar-refractivity contribution in [1.29, 1.82) is 0 Å². The van der Waals surface area contributed by atoms with Crippen LogP contribution in [0.2, 0.25) is 0 Å². The van der Waals surface area contributed by atoms with Crippen LogP contribution in [0.15, 0.2) is 0 Å². The average Bonchev–Trinajstić information content (AvgIpc) is 2.61. The average molecular weight is 257 g/mol. The molecule has 3 aliphatic heterocycles. The van der Waals surface area contributed by atoms with Gasteiger partial charge in [0.2, 0.25) is 5.91 Å². The van der Waals surface area contributed by atoms with Crippen molar-refractivity contribution in [3.05, 3.63) is 0 Å². The molecular formula is C12H19NO3S. The molecule has 1 spiro atoms. The quantitative estimate of drug-likeness (QED) is 0.653. The van der Waals surface area contributed by atoms with Crippen molar-refractivity contribution >= 4 is 15.7 Å². The Hall–Kier alpha value is -0.580. The summed E-state index contributed by atoms with van der Waals surface area (Å²) in [7, 11) is -3.20. The van der Waals surface area contributed by atoms with Gasteiger partial charge in [0.15, 0.2) is 14.6 Å². The van der Waals surface area contributed by atoms with E-state index in [2.05, 4.69) is 0 Å². The number of carbonyl (C=O) groups excluding carboxylic acids is 1. The summed E-state index contributed by atoms with van der Waals surface area (Å²) in [6.45, 7) is 0.765. The lowest BCUT2D eigenvalue weighted by Crippen LogP contribution is -2.60. The lowest BCUT2D eigenvalue weighted by Gasteiger charge is -2.46. The molecule has 4 nitrogen and oxygen atoms in total. The molecule has 3 fully saturated rings. The molecule has 0 radical (unpaired) electrons. The van der Waals surface area contributed by atoms with Crippen molar-refractivity contribution in [1.82, 2.24) is 4.90 Å². The standard InChI is InChI=1S/C12H19NO3S/c14-11-12(6-3-9-17(12,15)16)7-5-10-4-1-2-8-13(10)11/h10H,1-9H2/t10-,12-/m1/s1. The molecule has 0 N–H and O–H groups in total. The summed E-state index contributed by atoms with van der Waals surface area (Å²) >= 11 is 0. The van der Waals surface area contributed by atoms with E-state index in [-0.39, 0.29) is 11.7 Å². The summed E-state index contributed by atoms with van der Waals surface area (Å²) in [5.41, 5.74) is 0. The van der Waals surface area contributed by atoms with Gasteiger partial charge in [-0.25, -0.2) is 8.42 Å². The van der Waals surface area contributed by atoms with Crippen molar-refractivity contribution in [2.24, 2.45) is 0 Å². The van der Waals surface area contributed by atoms with E-state index < -0.39 is 14.6 Å². The lowest BCUT2D eigenvalue weighted by atomic mass is 9.84. The highest BCUT2D eigenvalue weighted by atomic mass is 32.2. The first-order valence-electron chi connectivity index (χ1n) is 6.60. The minimum atomic E-state index is -3.20. The second-order valence-electron chi connectivity index (χ2n) is 5.60. The molecule has 3 heterocycles. The zero-order valence-electron chi connectivity index (χ0n) is 10.0. The van der Waals surface area contributed by atoms with Crippen LogP contribution in [-0.4, -0.2) is 42.3 Å². The first-order valence-corrected chi connectivity index (χ1v) is 8.25. The predicted octanol–water partition coefficient (Wildman–Crippen LogP) is 1.11. The van der Waals surface area contributed by atoms with Gasteiger partial charge in [-0.2, -0.15) is 0 Å². The van der Waals surface area contributed by atoms with Gasteiger partial charge in [0.1, 0.15) is 0 Å². The molecule has 0 saturated carbocycles. The summed E-state index contributed by atoms with van der Waals surface area (Å²) in [5, 5.41) is 0. The van der Waals surface area contributed by atoms with E-state index in [4.69, 9.17) is 0 Å². The third-order valence-corrected chi connectivity index (χ3v) is 7.35. The van der Waals surface area contributed by atoms with Crippen LogP contribution in [0.3, 0.4) is 0 Å². The highest BCUT2D eigenvalue weighted by Crippen LogP contribution is 2.43. The zero-order valence-corrected chi connectivity index (χ0v) is 10.8. The number of hydrogen-bond donors (Lipinski definition) is 0. The number of hydrogen-bond acceptors (Lipinski definition) is 3. The molecule has 3 saturated heterocycles. The molecule has 3 aliphatic rings. The smallest absolute Gasteiger partial charge is 0.244 e. The van der Waals surface area contributed by atoms with Crippen molar-refractivity contribution in [2.45, 2.75) is 55.7 Å². The minimum absolute atomic E-state index is 0.0778. The maximum atomic E-state index is 12.5. The number of fused-ring (bicyclic) bond motifs is 1. The van der Waals surface area contributed by atoms with Gasteiger partial charge < -0.3 is 4.90 Å². The van der Waals surface area contributed by atoms with Crippen molar-refractivity contribution in [3.63, 3.8) is 0 Å². The van der Waals surface area contributed by atoms with Gasteiger partial charge in [-0.05, 0) is 44.9 Å². The SMILES string of the molecule is O=C1N2CCCC[C@@H]2CC[C@]12CCCS2(=O)=O. The number of rotatable bonds is 0. The number of amides is 1. The largest absolute Gasteiger partial charge is 0.338 e. The molecule has 3 rings (SSSR count). The number of sulfone groups is 1. The number of nitrogens with zero attached hydrogens (tertiary/aromatic N) is 1. The molecule has 5 heteroatoms. The molecule has 0 aromatic heterocycles. The topological polar surface area (TPSA) is 54.5 Å². The van der Waals surface area contributed by atoms with Crippen molar-refractivity contribution < 1.29 is 13.2 Å². The van der Waals surface area contributed by atoms with Crippen LogP contribution in [0, 0.1) is 0 Å². The number of carbonyl (C=O) groups is 1. The lowest BCUT2D eigenvalue weighted by molar-refractivity contribution is -0.141. The molecule has 96 valence electrons. The molecule has 0 aromatic carbocycles. The molecule has 0 aliphatic carbocycles. The molecule has 0 aromatic rings. The van der Waals surface area contributed by atoms with Gasteiger partial charge in [0.05, 0.1) is 5.75 Å². The summed E-state index contributed by atoms with van der Waals surface area (Å²) in [4.78, 5) is 14.4. The Balaban J connectivity index is 1.96. The normalized spacial score (nSPS) is 40.6. The Bertz CT molecular complexity index is 445. The fourth-order valence-electron chi connectivity index (χ4n) is 3.76. The van der Waals surface area contributed by atoms with Gasteiger partial charge in [-0.1, -0.05) is 0 Å². The summed E-state index contributed by atoms with van der Waals surface area (Å²) in [5.74, 6) is 0.128. The fraction of sp³-hybridized carbons (Fsp3) is 0.917. The minimum Gasteiger partial charge on any atom is -0.338 e. The van der Waals surface area contributed by atoms with E-state index in [0.717, 1.165) is 25.8 Å². The summed E-state index contributed by atoms with van der Waals surface area (Å²) < 4.78 is 23.3. The van der Waals surface area contributed by atoms with Crippen molar-refractivity contribution in [2.75, 3.05) is 12.3 Å². The van der Waals surface area contributed by atoms with E-state index in [0.29, 0.717) is 25.3 Å². The molecular weight excluding hydrogens is 238 g/mol. The van der Waals surface area contributed by atoms with Gasteiger partial charge in [0, 0.05) is 12.6 Å². The van der Waals surface area contributed by atoms with Gasteiger partial charge in [-0.3, -0.25) is 4.79 Å². The molecule has 0 bridgehead atoms. The van der Waals surface area contributed by atoms with Crippen LogP contribution in [-0.2, 0) is 14.6 Å². The number of piperidine rings is 2. The van der Waals surface area contributed by atoms with Crippen LogP contribution in [0.25, 0.3) is 0 Å². The third kappa shape index (κ3) is 1.47. The fourth-order valence-corrected chi connectivity index (χ4v) is 5.94. The van der Waals surface area contributed by atoms with Gasteiger partial charge in [0.25, 0.3) is 0 Å². The second-order valence-corrected chi connectivity index (χ2v) is 8.02. The first kappa shape index (κ1) is 11.5. The monoisotopic (exact) mass is 257 g/mol. The first-order chi connectivity index (χ1) is 8.07. The molecule has 0 unspecified atom stereocenters. The Labute approximate surface area is 102 Å². The van der Waals surface area contributed by atoms with Crippen LogP contribution in [0.4, 0.5) is 0 Å². The highest BCUT2D eigenvalue weighted by Gasteiger charge is 2.58. The van der Waals surface area contributed by atoms with Crippen LogP contribution < -0.4 is 0 Å². The Morgan fingerprint density at radius 1 is 1.12 bits per heavy atom. The Kier molecular flexibility index (Phi) is 2.51. The Morgan fingerprint density at radius 3 is 2.65 bits per heavy atom. The van der Waals surface area contributed by atoms with Crippen molar-refractivity contribution in [3.8, 4) is 0 Å². The van der Waals surface area contributed by atoms with Gasteiger partial charge in [-0.15, -0.1) is 0 Å². The van der Waals surface area contributed by atoms with E-state index in [1.54, 1.807) is 0 Å². The van der Waals surface area contributed by atoms with Crippen LogP contribution >= 0.6 is 0 Å². The highest BCUT2D eigenvalue weighted by molar-refractivity contribution is 7.93.